The molecule has 0 aromatic heterocycles. The first-order valence-electron chi connectivity index (χ1n) is 7.19. The van der Waals surface area contributed by atoms with E-state index >= 15 is 0 Å². The minimum Gasteiger partial charge on any atom is -0.223 e. The molecule has 0 amide bonds. The summed E-state index contributed by atoms with van der Waals surface area (Å²) in [6.45, 7) is 1.93. The fourth-order valence-electron chi connectivity index (χ4n) is 1.91. The number of aryl methyl sites for hydroxylation is 1. The van der Waals surface area contributed by atoms with Crippen LogP contribution in [-0.2, 0) is 19.7 Å². The molecule has 2 aromatic rings. The molecule has 0 spiro atoms. The highest BCUT2D eigenvalue weighted by Crippen LogP contribution is 2.10. The minimum atomic E-state index is -3.87. The Kier molecular flexibility index (Phi) is 5.75. The molecule has 0 saturated carbocycles. The largest absolute Gasteiger partial charge is 0.223 e. The van der Waals surface area contributed by atoms with Gasteiger partial charge in [-0.05, 0) is 30.2 Å². The first kappa shape index (κ1) is 18.2. The highest BCUT2D eigenvalue weighted by molar-refractivity contribution is 8.10. The van der Waals surface area contributed by atoms with Crippen molar-refractivity contribution in [3.05, 3.63) is 82.1 Å². The Morgan fingerprint density at radius 2 is 1.17 bits per heavy atom. The van der Waals surface area contributed by atoms with E-state index < -0.39 is 24.8 Å². The summed E-state index contributed by atoms with van der Waals surface area (Å²) in [6, 6.07) is 16.1. The van der Waals surface area contributed by atoms with Crippen LogP contribution in [0.4, 0.5) is 0 Å². The fraction of sp³-hybridized carbons (Fsp3) is 0.111. The second-order valence-corrected chi connectivity index (χ2v) is 9.51. The average molecular weight is 362 g/mol. The third-order valence-electron chi connectivity index (χ3n) is 3.14. The second kappa shape index (κ2) is 7.59. The fourth-order valence-corrected chi connectivity index (χ4v) is 5.10. The van der Waals surface area contributed by atoms with Crippen molar-refractivity contribution in [2.24, 2.45) is 0 Å². The third-order valence-corrected chi connectivity index (χ3v) is 6.87. The number of hydrogen-bond donors (Lipinski definition) is 0. The molecule has 0 fully saturated rings. The van der Waals surface area contributed by atoms with Crippen molar-refractivity contribution in [1.29, 1.82) is 0 Å². The Labute approximate surface area is 143 Å². The molecule has 0 aliphatic carbocycles. The van der Waals surface area contributed by atoms with Crippen LogP contribution in [0.5, 0.6) is 0 Å². The summed E-state index contributed by atoms with van der Waals surface area (Å²) in [6.07, 6.45) is 2.78. The summed E-state index contributed by atoms with van der Waals surface area (Å²) in [4.78, 5) is 0. The molecule has 0 unspecified atom stereocenters. The minimum absolute atomic E-state index is 0.689. The van der Waals surface area contributed by atoms with E-state index in [0.717, 1.165) is 16.4 Å². The van der Waals surface area contributed by atoms with Gasteiger partial charge in [0.05, 0.1) is 0 Å². The van der Waals surface area contributed by atoms with Crippen LogP contribution in [0.15, 0.2) is 65.4 Å². The number of hydrogen-bond acceptors (Lipinski definition) is 4. The Morgan fingerprint density at radius 1 is 0.708 bits per heavy atom. The number of rotatable bonds is 6. The molecule has 6 heteroatoms. The average Bonchev–Trinajstić information content (AvgIpc) is 2.53. The van der Waals surface area contributed by atoms with Gasteiger partial charge in [-0.1, -0.05) is 60.2 Å². The number of benzene rings is 2. The van der Waals surface area contributed by atoms with Crippen LogP contribution in [0.25, 0.3) is 12.2 Å². The van der Waals surface area contributed by atoms with E-state index in [0.29, 0.717) is 11.1 Å². The van der Waals surface area contributed by atoms with Crippen molar-refractivity contribution in [2.75, 3.05) is 5.08 Å². The first-order valence-corrected chi connectivity index (χ1v) is 10.6. The zero-order valence-electron chi connectivity index (χ0n) is 13.2. The van der Waals surface area contributed by atoms with E-state index in [1.807, 2.05) is 25.1 Å². The lowest BCUT2D eigenvalue weighted by Gasteiger charge is -1.99. The van der Waals surface area contributed by atoms with Gasteiger partial charge in [0.1, 0.15) is 0 Å². The zero-order valence-corrected chi connectivity index (χ0v) is 14.8. The lowest BCUT2D eigenvalue weighted by molar-refractivity contribution is 0.598. The Hall–Kier alpha value is -2.18. The summed E-state index contributed by atoms with van der Waals surface area (Å²) in [5.41, 5.74) is 2.44. The monoisotopic (exact) mass is 362 g/mol. The lowest BCUT2D eigenvalue weighted by atomic mass is 10.2. The van der Waals surface area contributed by atoms with Crippen molar-refractivity contribution in [1.82, 2.24) is 0 Å². The van der Waals surface area contributed by atoms with Crippen LogP contribution in [0.3, 0.4) is 0 Å². The highest BCUT2D eigenvalue weighted by Gasteiger charge is 2.17. The van der Waals surface area contributed by atoms with Gasteiger partial charge in [-0.15, -0.1) is 0 Å². The van der Waals surface area contributed by atoms with Crippen molar-refractivity contribution in [3.63, 3.8) is 0 Å². The van der Waals surface area contributed by atoms with Gasteiger partial charge in [0.15, 0.2) is 24.8 Å². The Morgan fingerprint density at radius 3 is 1.67 bits per heavy atom. The molecule has 0 atom stereocenters. The van der Waals surface area contributed by atoms with Crippen LogP contribution in [0.2, 0.25) is 0 Å². The van der Waals surface area contributed by atoms with Gasteiger partial charge in [-0.25, -0.2) is 16.8 Å². The topological polar surface area (TPSA) is 68.3 Å². The quantitative estimate of drug-likeness (QED) is 0.789. The van der Waals surface area contributed by atoms with Crippen molar-refractivity contribution in [3.8, 4) is 0 Å². The van der Waals surface area contributed by atoms with Gasteiger partial charge in [0.2, 0.25) is 0 Å². The molecule has 0 saturated heterocycles. The van der Waals surface area contributed by atoms with E-state index in [2.05, 4.69) is 0 Å². The summed E-state index contributed by atoms with van der Waals surface area (Å²) >= 11 is 0. The molecule has 2 aromatic carbocycles. The molecule has 0 N–H and O–H groups in total. The maximum atomic E-state index is 12.0. The van der Waals surface area contributed by atoms with E-state index in [4.69, 9.17) is 0 Å². The van der Waals surface area contributed by atoms with E-state index in [1.165, 1.54) is 12.2 Å². The predicted molar refractivity (Wildman–Crippen MR) is 98.4 cm³/mol. The van der Waals surface area contributed by atoms with Crippen LogP contribution in [0.1, 0.15) is 16.7 Å². The molecule has 4 nitrogen and oxygen atoms in total. The van der Waals surface area contributed by atoms with Gasteiger partial charge in [-0.2, -0.15) is 0 Å². The van der Waals surface area contributed by atoms with E-state index in [9.17, 15) is 16.8 Å². The molecular formula is C18H18O4S2. The summed E-state index contributed by atoms with van der Waals surface area (Å²) in [5.74, 6) is 0. The zero-order chi connectivity index (χ0) is 17.6. The van der Waals surface area contributed by atoms with Gasteiger partial charge >= 0.3 is 0 Å². The standard InChI is InChI=1S/C18H18O4S2/c1-16-7-9-18(10-8-16)12-14-24(21,22)15-23(19,20)13-11-17-5-3-2-4-6-17/h2-14H,15H2,1H3/b13-11+,14-12+. The molecule has 0 bridgehead atoms. The van der Waals surface area contributed by atoms with Crippen molar-refractivity contribution < 1.29 is 16.8 Å². The second-order valence-electron chi connectivity index (χ2n) is 5.37. The van der Waals surface area contributed by atoms with Crippen LogP contribution in [-0.4, -0.2) is 21.9 Å². The summed E-state index contributed by atoms with van der Waals surface area (Å²) in [7, 11) is -7.74. The van der Waals surface area contributed by atoms with Crippen LogP contribution < -0.4 is 0 Å². The molecule has 0 aliphatic heterocycles. The molecule has 24 heavy (non-hydrogen) atoms. The van der Waals surface area contributed by atoms with Crippen LogP contribution in [0, 0.1) is 6.92 Å². The van der Waals surface area contributed by atoms with Crippen LogP contribution >= 0.6 is 0 Å². The normalized spacial score (nSPS) is 12.9. The first-order chi connectivity index (χ1) is 11.3. The number of sulfone groups is 2. The van der Waals surface area contributed by atoms with Crippen molar-refractivity contribution in [2.45, 2.75) is 6.92 Å². The van der Waals surface area contributed by atoms with Crippen molar-refractivity contribution >= 4 is 31.8 Å². The summed E-state index contributed by atoms with van der Waals surface area (Å²) in [5, 5.41) is 0.914. The summed E-state index contributed by atoms with van der Waals surface area (Å²) < 4.78 is 47.9. The Balaban J connectivity index is 2.09. The molecular weight excluding hydrogens is 344 g/mol. The van der Waals surface area contributed by atoms with E-state index in [1.54, 1.807) is 36.4 Å². The van der Waals surface area contributed by atoms with Gasteiger partial charge in [-0.3, -0.25) is 0 Å². The molecule has 0 heterocycles. The SMILES string of the molecule is Cc1ccc(/C=C/S(=O)(=O)CS(=O)(=O)/C=C/c2ccccc2)cc1. The predicted octanol–water partition coefficient (Wildman–Crippen LogP) is 3.42. The molecule has 126 valence electrons. The molecule has 0 radical (unpaired) electrons. The molecule has 0 aliphatic rings. The third kappa shape index (κ3) is 6.14. The lowest BCUT2D eigenvalue weighted by Crippen LogP contribution is -2.11. The van der Waals surface area contributed by atoms with Gasteiger partial charge in [0, 0.05) is 10.8 Å². The maximum absolute atomic E-state index is 12.0. The van der Waals surface area contributed by atoms with Gasteiger partial charge in [0.25, 0.3) is 0 Å². The maximum Gasteiger partial charge on any atom is 0.186 e. The van der Waals surface area contributed by atoms with Gasteiger partial charge < -0.3 is 0 Å². The van der Waals surface area contributed by atoms with E-state index in [-0.39, 0.29) is 0 Å². The molecule has 2 rings (SSSR count). The Bertz CT molecular complexity index is 938. The smallest absolute Gasteiger partial charge is 0.186 e. The highest BCUT2D eigenvalue weighted by atomic mass is 32.3.